The van der Waals surface area contributed by atoms with Crippen LogP contribution in [-0.2, 0) is 20.9 Å². The molecule has 1 fully saturated rings. The smallest absolute Gasteiger partial charge is 0.347 e. The summed E-state index contributed by atoms with van der Waals surface area (Å²) in [5.74, 6) is -0.189. The van der Waals surface area contributed by atoms with Gasteiger partial charge in [0.25, 0.3) is 5.56 Å². The minimum Gasteiger partial charge on any atom is -0.478 e. The van der Waals surface area contributed by atoms with Gasteiger partial charge in [-0.2, -0.15) is 0 Å². The van der Waals surface area contributed by atoms with Crippen LogP contribution in [0.5, 0.6) is 5.75 Å². The van der Waals surface area contributed by atoms with E-state index in [2.05, 4.69) is 5.32 Å². The maximum absolute atomic E-state index is 12.8. The zero-order valence-electron chi connectivity index (χ0n) is 16.3. The van der Waals surface area contributed by atoms with Gasteiger partial charge in [-0.15, -0.1) is 0 Å². The van der Waals surface area contributed by atoms with E-state index in [1.54, 1.807) is 44.3 Å². The van der Waals surface area contributed by atoms with Gasteiger partial charge in [-0.3, -0.25) is 9.59 Å². The van der Waals surface area contributed by atoms with Crippen molar-refractivity contribution in [2.75, 3.05) is 6.61 Å². The van der Waals surface area contributed by atoms with E-state index in [1.165, 1.54) is 4.57 Å². The lowest BCUT2D eigenvalue weighted by atomic mass is 10.1. The summed E-state index contributed by atoms with van der Waals surface area (Å²) >= 11 is 0. The molecule has 7 heteroatoms. The molecule has 3 rings (SSSR count). The van der Waals surface area contributed by atoms with Crippen molar-refractivity contribution in [1.29, 1.82) is 0 Å². The Morgan fingerprint density at radius 1 is 1.21 bits per heavy atom. The SMILES string of the molecule is CCOC(=O)[C@@H](C)Oc1cccc2c(=O)n(CC(=O)NC3CCCC3)ccc12. The number of hydrogen-bond acceptors (Lipinski definition) is 5. The Balaban J connectivity index is 1.79. The monoisotopic (exact) mass is 386 g/mol. The van der Waals surface area contributed by atoms with Gasteiger partial charge in [0.15, 0.2) is 6.10 Å². The largest absolute Gasteiger partial charge is 0.478 e. The van der Waals surface area contributed by atoms with Crippen molar-refractivity contribution in [2.24, 2.45) is 0 Å². The molecule has 1 heterocycles. The number of pyridine rings is 1. The summed E-state index contributed by atoms with van der Waals surface area (Å²) in [6.45, 7) is 3.59. The standard InChI is InChI=1S/C21H26N2O5/c1-3-27-21(26)14(2)28-18-10-6-9-17-16(18)11-12-23(20(17)25)13-19(24)22-15-7-4-5-8-15/h6,9-12,14-15H,3-5,7-8,13H2,1-2H3,(H,22,24)/t14-/m1/s1. The van der Waals surface area contributed by atoms with Gasteiger partial charge < -0.3 is 19.4 Å². The van der Waals surface area contributed by atoms with Crippen LogP contribution in [0.2, 0.25) is 0 Å². The second-order valence-electron chi connectivity index (χ2n) is 7.03. The van der Waals surface area contributed by atoms with E-state index in [-0.39, 0.29) is 30.7 Å². The van der Waals surface area contributed by atoms with Crippen LogP contribution in [0.25, 0.3) is 10.8 Å². The fourth-order valence-corrected chi connectivity index (χ4v) is 3.51. The first-order valence-electron chi connectivity index (χ1n) is 9.74. The molecule has 0 spiro atoms. The van der Waals surface area contributed by atoms with E-state index in [0.717, 1.165) is 25.7 Å². The summed E-state index contributed by atoms with van der Waals surface area (Å²) in [4.78, 5) is 36.9. The molecule has 0 aliphatic heterocycles. The van der Waals surface area contributed by atoms with Gasteiger partial charge >= 0.3 is 5.97 Å². The average Bonchev–Trinajstić information content (AvgIpc) is 3.17. The van der Waals surface area contributed by atoms with Crippen LogP contribution in [0.3, 0.4) is 0 Å². The van der Waals surface area contributed by atoms with Gasteiger partial charge in [0.1, 0.15) is 12.3 Å². The molecule has 0 radical (unpaired) electrons. The summed E-state index contributed by atoms with van der Waals surface area (Å²) in [5.41, 5.74) is -0.270. The Kier molecular flexibility index (Phi) is 6.34. The Morgan fingerprint density at radius 2 is 1.96 bits per heavy atom. The molecule has 2 aromatic rings. The predicted molar refractivity (Wildman–Crippen MR) is 105 cm³/mol. The number of nitrogens with one attached hydrogen (secondary N) is 1. The van der Waals surface area contributed by atoms with E-state index < -0.39 is 12.1 Å². The van der Waals surface area contributed by atoms with Crippen molar-refractivity contribution < 1.29 is 19.1 Å². The molecule has 1 amide bonds. The number of fused-ring (bicyclic) bond motifs is 1. The fourth-order valence-electron chi connectivity index (χ4n) is 3.51. The molecule has 1 saturated carbocycles. The van der Waals surface area contributed by atoms with Crippen LogP contribution in [0, 0.1) is 0 Å². The molecule has 1 aliphatic rings. The van der Waals surface area contributed by atoms with Gasteiger partial charge in [-0.25, -0.2) is 4.79 Å². The summed E-state index contributed by atoms with van der Waals surface area (Å²) < 4.78 is 12.1. The van der Waals surface area contributed by atoms with Crippen molar-refractivity contribution in [3.8, 4) is 5.75 Å². The van der Waals surface area contributed by atoms with Crippen molar-refractivity contribution in [3.05, 3.63) is 40.8 Å². The molecule has 1 atom stereocenters. The predicted octanol–water partition coefficient (Wildman–Crippen LogP) is 2.39. The highest BCUT2D eigenvalue weighted by Crippen LogP contribution is 2.24. The molecule has 1 N–H and O–H groups in total. The van der Waals surface area contributed by atoms with Gasteiger partial charge in [-0.1, -0.05) is 18.9 Å². The number of nitrogens with zero attached hydrogens (tertiary/aromatic N) is 1. The first-order valence-corrected chi connectivity index (χ1v) is 9.74. The number of carbonyl (C=O) groups is 2. The van der Waals surface area contributed by atoms with Crippen molar-refractivity contribution >= 4 is 22.6 Å². The molecule has 0 unspecified atom stereocenters. The molecule has 1 aromatic carbocycles. The zero-order valence-corrected chi connectivity index (χ0v) is 16.3. The third-order valence-electron chi connectivity index (χ3n) is 4.94. The molecule has 28 heavy (non-hydrogen) atoms. The van der Waals surface area contributed by atoms with E-state index in [0.29, 0.717) is 16.5 Å². The molecule has 7 nitrogen and oxygen atoms in total. The van der Waals surface area contributed by atoms with Crippen LogP contribution in [0.15, 0.2) is 35.3 Å². The van der Waals surface area contributed by atoms with E-state index in [4.69, 9.17) is 9.47 Å². The second-order valence-corrected chi connectivity index (χ2v) is 7.03. The molecule has 150 valence electrons. The van der Waals surface area contributed by atoms with Crippen LogP contribution in [0.4, 0.5) is 0 Å². The number of hydrogen-bond donors (Lipinski definition) is 1. The molecular weight excluding hydrogens is 360 g/mol. The topological polar surface area (TPSA) is 86.6 Å². The summed E-state index contributed by atoms with van der Waals surface area (Å²) in [6, 6.07) is 7.03. The number of ether oxygens (including phenoxy) is 2. The van der Waals surface area contributed by atoms with Gasteiger partial charge in [0.05, 0.1) is 12.0 Å². The Labute approximate surface area is 163 Å². The maximum Gasteiger partial charge on any atom is 0.347 e. The van der Waals surface area contributed by atoms with Crippen molar-refractivity contribution in [1.82, 2.24) is 9.88 Å². The number of esters is 1. The Morgan fingerprint density at radius 3 is 2.68 bits per heavy atom. The Bertz CT molecular complexity index is 915. The quantitative estimate of drug-likeness (QED) is 0.739. The zero-order chi connectivity index (χ0) is 20.1. The van der Waals surface area contributed by atoms with Crippen molar-refractivity contribution in [3.63, 3.8) is 0 Å². The average molecular weight is 386 g/mol. The lowest BCUT2D eigenvalue weighted by Gasteiger charge is -2.16. The third kappa shape index (κ3) is 4.52. The van der Waals surface area contributed by atoms with E-state index in [1.807, 2.05) is 0 Å². The van der Waals surface area contributed by atoms with E-state index in [9.17, 15) is 14.4 Å². The second kappa shape index (κ2) is 8.91. The number of carbonyl (C=O) groups excluding carboxylic acids is 2. The van der Waals surface area contributed by atoms with Crippen molar-refractivity contribution in [2.45, 2.75) is 58.2 Å². The first kappa shape index (κ1) is 19.9. The lowest BCUT2D eigenvalue weighted by molar-refractivity contribution is -0.150. The lowest BCUT2D eigenvalue weighted by Crippen LogP contribution is -2.37. The highest BCUT2D eigenvalue weighted by Gasteiger charge is 2.19. The Hall–Kier alpha value is -2.83. The van der Waals surface area contributed by atoms with Gasteiger partial charge in [0.2, 0.25) is 5.91 Å². The van der Waals surface area contributed by atoms with Gasteiger partial charge in [-0.05, 0) is 44.9 Å². The van der Waals surface area contributed by atoms with Crippen LogP contribution in [0.1, 0.15) is 39.5 Å². The molecule has 0 saturated heterocycles. The fraction of sp³-hybridized carbons (Fsp3) is 0.476. The summed E-state index contributed by atoms with van der Waals surface area (Å²) in [7, 11) is 0. The highest BCUT2D eigenvalue weighted by atomic mass is 16.6. The highest BCUT2D eigenvalue weighted by molar-refractivity contribution is 5.88. The minimum atomic E-state index is -0.787. The normalized spacial score (nSPS) is 15.4. The van der Waals surface area contributed by atoms with E-state index >= 15 is 0 Å². The number of rotatable bonds is 7. The third-order valence-corrected chi connectivity index (χ3v) is 4.94. The first-order chi connectivity index (χ1) is 13.5. The number of benzene rings is 1. The van der Waals surface area contributed by atoms with Gasteiger partial charge in [0, 0.05) is 17.6 Å². The maximum atomic E-state index is 12.8. The van der Waals surface area contributed by atoms with Crippen LogP contribution in [-0.4, -0.2) is 35.2 Å². The van der Waals surface area contributed by atoms with Crippen LogP contribution < -0.4 is 15.6 Å². The minimum absolute atomic E-state index is 0.0183. The number of aromatic nitrogens is 1. The molecule has 1 aromatic heterocycles. The van der Waals surface area contributed by atoms with Crippen LogP contribution >= 0.6 is 0 Å². The molecule has 0 bridgehead atoms. The summed E-state index contributed by atoms with van der Waals surface area (Å²) in [5, 5.41) is 4.02. The number of amides is 1. The molecule has 1 aliphatic carbocycles. The summed E-state index contributed by atoms with van der Waals surface area (Å²) in [6.07, 6.45) is 5.06. The molecular formula is C21H26N2O5.